The van der Waals surface area contributed by atoms with Gasteiger partial charge in [-0.1, -0.05) is 11.2 Å². The molecule has 10 heteroatoms. The first-order chi connectivity index (χ1) is 20.6. The number of anilines is 2. The Balaban J connectivity index is 2.29. The Morgan fingerprint density at radius 1 is 1.30 bits per heavy atom. The maximum absolute atomic E-state index is 13.7. The van der Waals surface area contributed by atoms with Crippen molar-refractivity contribution in [1.29, 1.82) is 0 Å². The van der Waals surface area contributed by atoms with Crippen LogP contribution < -0.4 is 10.0 Å². The summed E-state index contributed by atoms with van der Waals surface area (Å²) in [5, 5.41) is 3.71. The average molecular weight is 464 g/mol. The molecule has 0 aliphatic rings. The summed E-state index contributed by atoms with van der Waals surface area (Å²) in [7, 11) is -5.40. The second-order valence-electron chi connectivity index (χ2n) is 5.61. The van der Waals surface area contributed by atoms with Crippen LogP contribution in [0.4, 0.5) is 11.6 Å². The van der Waals surface area contributed by atoms with E-state index in [1.807, 2.05) is 0 Å². The molecule has 0 fully saturated rings. The lowest BCUT2D eigenvalue weighted by Gasteiger charge is -2.14. The van der Waals surface area contributed by atoms with Gasteiger partial charge in [-0.2, -0.15) is 0 Å². The highest BCUT2D eigenvalue weighted by Crippen LogP contribution is 2.29. The van der Waals surface area contributed by atoms with Gasteiger partial charge >= 0.3 is 0 Å². The van der Waals surface area contributed by atoms with Crippen LogP contribution in [0.2, 0.25) is 2.82 Å². The van der Waals surface area contributed by atoms with Gasteiger partial charge in [0.1, 0.15) is 9.77 Å². The van der Waals surface area contributed by atoms with Crippen LogP contribution in [-0.2, 0) is 10.0 Å². The van der Waals surface area contributed by atoms with Crippen LogP contribution in [0.1, 0.15) is 68.5 Å². The van der Waals surface area contributed by atoms with Crippen LogP contribution in [0, 0.1) is 27.5 Å². The first-order valence-corrected chi connectivity index (χ1v) is 10.0. The first kappa shape index (κ1) is 9.03. The molecule has 2 aromatic heterocycles. The van der Waals surface area contributed by atoms with Gasteiger partial charge in [0.05, 0.1) is 14.1 Å². The Morgan fingerprint density at radius 3 is 2.83 bits per heavy atom. The number of Topliss-reactive ketones (excluding diaryl/α,β-unsaturated/α-hetero) is 1. The van der Waals surface area contributed by atoms with Gasteiger partial charge in [0.2, 0.25) is 5.88 Å². The molecule has 2 heterocycles. The lowest BCUT2D eigenvalue weighted by Crippen LogP contribution is -2.20. The summed E-state index contributed by atoms with van der Waals surface area (Å²) in [6.07, 6.45) is 0. The molecule has 0 saturated heterocycles. The summed E-state index contributed by atoms with van der Waals surface area (Å²) in [4.78, 5) is 24.5. The van der Waals surface area contributed by atoms with E-state index in [-0.39, 0.29) is 5.31 Å². The van der Waals surface area contributed by atoms with E-state index in [9.17, 15) is 18.0 Å². The molecule has 158 valence electrons. The number of carbonyl (C=O) groups excluding carboxylic acids is 2. The molecule has 3 rings (SSSR count). The maximum atomic E-state index is 13.7. The molecule has 0 aliphatic heterocycles. The van der Waals surface area contributed by atoms with Gasteiger partial charge in [-0.15, -0.1) is 11.3 Å². The predicted molar refractivity (Wildman–Crippen MR) is 115 cm³/mol. The van der Waals surface area contributed by atoms with Crippen LogP contribution in [0.15, 0.2) is 32.9 Å². The van der Waals surface area contributed by atoms with E-state index in [0.29, 0.717) is 11.3 Å². The summed E-state index contributed by atoms with van der Waals surface area (Å²) in [5.74, 6) is -4.95. The zero-order chi connectivity index (χ0) is 35.7. The number of rotatable bonds is 6. The van der Waals surface area contributed by atoms with Crippen molar-refractivity contribution in [3.8, 4) is 0 Å². The molecular formula is C20H21N3O5S2. The Labute approximate surface area is 200 Å². The Bertz CT molecular complexity index is 1820. The number of benzene rings is 1. The van der Waals surface area contributed by atoms with E-state index in [1.165, 1.54) is 0 Å². The van der Waals surface area contributed by atoms with Crippen molar-refractivity contribution in [3.05, 3.63) is 56.4 Å². The third-order valence-corrected chi connectivity index (χ3v) is 5.85. The Hall–Kier alpha value is -2.98. The van der Waals surface area contributed by atoms with Crippen molar-refractivity contribution in [2.24, 2.45) is 0 Å². The largest absolute Gasteiger partial charge is 0.337 e. The van der Waals surface area contributed by atoms with Crippen molar-refractivity contribution in [2.75, 3.05) is 10.0 Å². The smallest absolute Gasteiger partial charge is 0.267 e. The van der Waals surface area contributed by atoms with E-state index in [1.54, 1.807) is 0 Å². The van der Waals surface area contributed by atoms with Crippen molar-refractivity contribution in [2.45, 2.75) is 39.2 Å². The molecule has 0 saturated carbocycles. The topological polar surface area (TPSA) is 118 Å². The predicted octanol–water partition coefficient (Wildman–Crippen LogP) is 4.23. The fraction of sp³-hybridized carbons (Fsp3) is 0.250. The third-order valence-electron chi connectivity index (χ3n) is 3.52. The van der Waals surface area contributed by atoms with Crippen LogP contribution >= 0.6 is 11.3 Å². The number of nitrogens with one attached hydrogen (secondary N) is 2. The van der Waals surface area contributed by atoms with E-state index in [2.05, 4.69) is 9.68 Å². The van der Waals surface area contributed by atoms with Crippen LogP contribution in [0.25, 0.3) is 0 Å². The minimum atomic E-state index is -5.40. The van der Waals surface area contributed by atoms with Crippen LogP contribution in [-0.4, -0.2) is 25.3 Å². The zero-order valence-electron chi connectivity index (χ0n) is 30.9. The number of carbonyl (C=O) groups is 2. The number of sulfonamides is 1. The molecular weight excluding hydrogens is 426 g/mol. The molecule has 8 nitrogen and oxygen atoms in total. The van der Waals surface area contributed by atoms with Gasteiger partial charge in [-0.3, -0.25) is 9.59 Å². The molecule has 0 bridgehead atoms. The van der Waals surface area contributed by atoms with E-state index < -0.39 is 115 Å². The summed E-state index contributed by atoms with van der Waals surface area (Å²) in [5.41, 5.74) is -6.59. The quantitative estimate of drug-likeness (QED) is 0.528. The monoisotopic (exact) mass is 463 g/mol. The molecule has 1 amide bonds. The molecule has 0 aliphatic carbocycles. The summed E-state index contributed by atoms with van der Waals surface area (Å²) < 4.78 is 156. The molecule has 0 spiro atoms. The second-order valence-corrected chi connectivity index (χ2v) is 8.10. The van der Waals surface area contributed by atoms with Gasteiger partial charge < -0.3 is 9.83 Å². The molecule has 30 heavy (non-hydrogen) atoms. The van der Waals surface area contributed by atoms with E-state index >= 15 is 0 Å². The number of ketones is 1. The van der Waals surface area contributed by atoms with Crippen molar-refractivity contribution in [1.82, 2.24) is 5.16 Å². The third kappa shape index (κ3) is 4.14. The van der Waals surface area contributed by atoms with Crippen LogP contribution in [0.3, 0.4) is 0 Å². The molecule has 0 unspecified atom stereocenters. The number of amides is 1. The number of thiophene rings is 1. The first-order valence-electron chi connectivity index (χ1n) is 15.6. The fourth-order valence-corrected chi connectivity index (χ4v) is 4.46. The number of nitrogens with zero attached hydrogens (tertiary/aromatic N) is 1. The molecule has 0 radical (unpaired) electrons. The van der Waals surface area contributed by atoms with Crippen LogP contribution in [0.5, 0.6) is 0 Å². The minimum absolute atomic E-state index is 0.306. The molecule has 0 atom stereocenters. The van der Waals surface area contributed by atoms with Crippen molar-refractivity contribution >= 4 is 44.6 Å². The second kappa shape index (κ2) is 8.04. The number of hydrogen-bond donors (Lipinski definition) is 2. The van der Waals surface area contributed by atoms with Gasteiger partial charge in [-0.25, -0.2) is 13.1 Å². The minimum Gasteiger partial charge on any atom is -0.337 e. The SMILES string of the molecule is [2H]c1c(C)c([2H])c(C([2H])([2H])[2H])c(N([2H])C(=O)c2sccc2S(=O)(=O)N([2H])c2onc(C([2H])([2H])[2H])c2C([2H])([2H])[2H])c1C(=O)C([2H])([2H])[2H]. The number of hydrogen-bond acceptors (Lipinski definition) is 7. The lowest BCUT2D eigenvalue weighted by molar-refractivity contribution is 0.101. The van der Waals surface area contributed by atoms with E-state index in [0.717, 1.165) is 18.4 Å². The maximum Gasteiger partial charge on any atom is 0.267 e. The Kier molecular flexibility index (Phi) is 2.42. The van der Waals surface area contributed by atoms with E-state index in [4.69, 9.17) is 22.0 Å². The Morgan fingerprint density at radius 2 is 2.13 bits per heavy atom. The van der Waals surface area contributed by atoms with Crippen molar-refractivity contribution in [3.63, 3.8) is 0 Å². The number of aromatic nitrogens is 1. The van der Waals surface area contributed by atoms with Crippen molar-refractivity contribution < 1.29 is 44.5 Å². The normalized spacial score (nSPS) is 20.8. The standard InChI is InChI=1S/C20H21N3O5S2/c1-10-8-11(2)17(15(9-10)14(5)24)21-19(25)18-16(6-7-29-18)30(26,27)23-20-12(3)13(4)22-28-20/h6-9,23H,1-5H3,(H,21,25)/i2D3,3D3,4D3,5D3,8D,9D/hD2. The lowest BCUT2D eigenvalue weighted by atomic mass is 10.0. The highest BCUT2D eigenvalue weighted by Gasteiger charge is 2.27. The molecule has 2 N–H and O–H groups in total. The zero-order valence-corrected chi connectivity index (χ0v) is 16.5. The summed E-state index contributed by atoms with van der Waals surface area (Å²) in [6.45, 7) is -12.5. The fourth-order valence-electron chi connectivity index (χ4n) is 2.24. The number of aryl methyl sites for hydroxylation is 1. The van der Waals surface area contributed by atoms with Gasteiger partial charge in [0, 0.05) is 27.6 Å². The highest BCUT2D eigenvalue weighted by molar-refractivity contribution is 7.93. The van der Waals surface area contributed by atoms with Gasteiger partial charge in [-0.05, 0) is 62.9 Å². The van der Waals surface area contributed by atoms with Gasteiger partial charge in [0.25, 0.3) is 15.9 Å². The molecule has 3 aromatic rings. The van der Waals surface area contributed by atoms with Gasteiger partial charge in [0.15, 0.2) is 8.61 Å². The molecule has 1 aromatic carbocycles. The highest BCUT2D eigenvalue weighted by atomic mass is 32.2. The summed E-state index contributed by atoms with van der Waals surface area (Å²) in [6, 6.07) is -1.20. The average Bonchev–Trinajstić information content (AvgIpc) is 3.57. The summed E-state index contributed by atoms with van der Waals surface area (Å²) >= 11 is 0.306.